The van der Waals surface area contributed by atoms with E-state index in [0.29, 0.717) is 42.6 Å². The predicted molar refractivity (Wildman–Crippen MR) is 133 cm³/mol. The first-order chi connectivity index (χ1) is 16.1. The highest BCUT2D eigenvalue weighted by molar-refractivity contribution is 6.46. The fourth-order valence-corrected chi connectivity index (χ4v) is 4.07. The highest BCUT2D eigenvalue weighted by atomic mass is 16.5. The van der Waals surface area contributed by atoms with Crippen LogP contribution in [0.3, 0.4) is 0 Å². The highest BCUT2D eigenvalue weighted by Gasteiger charge is 2.45. The largest absolute Gasteiger partial charge is 0.507 e. The van der Waals surface area contributed by atoms with Gasteiger partial charge in [0.15, 0.2) is 0 Å². The molecule has 0 aliphatic carbocycles. The van der Waals surface area contributed by atoms with Gasteiger partial charge in [0.05, 0.1) is 24.3 Å². The lowest BCUT2D eigenvalue weighted by Crippen LogP contribution is -2.30. The Hall–Kier alpha value is -3.28. The number of ketones is 1. The average Bonchev–Trinajstić information content (AvgIpc) is 3.04. The van der Waals surface area contributed by atoms with Gasteiger partial charge >= 0.3 is 0 Å². The van der Waals surface area contributed by atoms with Gasteiger partial charge in [0.2, 0.25) is 0 Å². The molecule has 1 heterocycles. The number of likely N-dealkylation sites (tertiary alicyclic amines) is 1. The van der Waals surface area contributed by atoms with Crippen molar-refractivity contribution < 1.29 is 24.2 Å². The molecule has 34 heavy (non-hydrogen) atoms. The molecule has 6 heteroatoms. The molecular weight excluding hydrogens is 430 g/mol. The van der Waals surface area contributed by atoms with Crippen molar-refractivity contribution in [3.8, 4) is 11.5 Å². The van der Waals surface area contributed by atoms with Crippen molar-refractivity contribution in [3.63, 3.8) is 0 Å². The number of rotatable bonds is 9. The van der Waals surface area contributed by atoms with Gasteiger partial charge in [-0.1, -0.05) is 32.9 Å². The van der Waals surface area contributed by atoms with E-state index in [4.69, 9.17) is 9.47 Å². The van der Waals surface area contributed by atoms with Crippen molar-refractivity contribution in [1.82, 2.24) is 4.90 Å². The summed E-state index contributed by atoms with van der Waals surface area (Å²) < 4.78 is 11.7. The van der Waals surface area contributed by atoms with E-state index in [1.807, 2.05) is 52.0 Å². The van der Waals surface area contributed by atoms with Crippen LogP contribution in [-0.4, -0.2) is 41.0 Å². The minimum absolute atomic E-state index is 0.0164. The summed E-state index contributed by atoms with van der Waals surface area (Å²) in [5.41, 5.74) is 2.13. The van der Waals surface area contributed by atoms with Gasteiger partial charge in [-0.2, -0.15) is 0 Å². The first-order valence-corrected chi connectivity index (χ1v) is 11.9. The van der Waals surface area contributed by atoms with E-state index in [2.05, 4.69) is 13.8 Å². The average molecular weight is 466 g/mol. The molecule has 1 amide bonds. The van der Waals surface area contributed by atoms with Crippen LogP contribution < -0.4 is 9.47 Å². The lowest BCUT2D eigenvalue weighted by atomic mass is 9.94. The van der Waals surface area contributed by atoms with E-state index in [9.17, 15) is 14.7 Å². The van der Waals surface area contributed by atoms with Gasteiger partial charge in [-0.25, -0.2) is 0 Å². The topological polar surface area (TPSA) is 76.1 Å². The van der Waals surface area contributed by atoms with Crippen molar-refractivity contribution in [2.45, 2.75) is 60.1 Å². The molecule has 1 fully saturated rings. The fraction of sp³-hybridized carbons (Fsp3) is 0.429. The molecule has 0 bridgehead atoms. The molecule has 1 atom stereocenters. The fourth-order valence-electron chi connectivity index (χ4n) is 4.07. The molecule has 0 saturated carbocycles. The maximum Gasteiger partial charge on any atom is 0.295 e. The molecule has 1 aliphatic heterocycles. The van der Waals surface area contributed by atoms with E-state index >= 15 is 0 Å². The van der Waals surface area contributed by atoms with Gasteiger partial charge in [-0.15, -0.1) is 0 Å². The SMILES string of the molecule is CCCN1C(=O)C(=O)/C(=C(/O)c2ccc(OC(C)C)c(C)c2)C1c1cccc(OCC(C)C)c1. The lowest BCUT2D eigenvalue weighted by Gasteiger charge is -2.25. The van der Waals surface area contributed by atoms with E-state index in [-0.39, 0.29) is 17.4 Å². The Morgan fingerprint density at radius 1 is 1.09 bits per heavy atom. The first kappa shape index (κ1) is 25.3. The van der Waals surface area contributed by atoms with E-state index in [1.165, 1.54) is 0 Å². The molecule has 182 valence electrons. The van der Waals surface area contributed by atoms with Gasteiger partial charge in [0.25, 0.3) is 11.7 Å². The van der Waals surface area contributed by atoms with Gasteiger partial charge in [0.1, 0.15) is 17.3 Å². The van der Waals surface area contributed by atoms with Crippen LogP contribution in [0.25, 0.3) is 5.76 Å². The van der Waals surface area contributed by atoms with Crippen molar-refractivity contribution in [2.24, 2.45) is 5.92 Å². The molecule has 3 rings (SSSR count). The molecular formula is C28H35NO5. The van der Waals surface area contributed by atoms with Crippen molar-refractivity contribution in [3.05, 3.63) is 64.7 Å². The number of nitrogens with zero attached hydrogens (tertiary/aromatic N) is 1. The summed E-state index contributed by atoms with van der Waals surface area (Å²) in [6.45, 7) is 12.8. The van der Waals surface area contributed by atoms with E-state index < -0.39 is 17.7 Å². The summed E-state index contributed by atoms with van der Waals surface area (Å²) in [5, 5.41) is 11.3. The highest BCUT2D eigenvalue weighted by Crippen LogP contribution is 2.40. The Bertz CT molecular complexity index is 1090. The van der Waals surface area contributed by atoms with Crippen molar-refractivity contribution in [1.29, 1.82) is 0 Å². The summed E-state index contributed by atoms with van der Waals surface area (Å²) in [5.74, 6) is 0.279. The summed E-state index contributed by atoms with van der Waals surface area (Å²) in [4.78, 5) is 27.6. The molecule has 2 aromatic rings. The zero-order chi connectivity index (χ0) is 25.0. The maximum absolute atomic E-state index is 13.1. The number of hydrogen-bond donors (Lipinski definition) is 1. The zero-order valence-electron chi connectivity index (χ0n) is 20.9. The Morgan fingerprint density at radius 2 is 1.82 bits per heavy atom. The number of aliphatic hydroxyl groups excluding tert-OH is 1. The maximum atomic E-state index is 13.1. The third-order valence-corrected chi connectivity index (χ3v) is 5.57. The van der Waals surface area contributed by atoms with Crippen LogP contribution in [0.1, 0.15) is 63.8 Å². The monoisotopic (exact) mass is 465 g/mol. The van der Waals surface area contributed by atoms with Crippen LogP contribution in [0, 0.1) is 12.8 Å². The van der Waals surface area contributed by atoms with Crippen LogP contribution in [0.5, 0.6) is 11.5 Å². The van der Waals surface area contributed by atoms with Gasteiger partial charge in [0, 0.05) is 12.1 Å². The molecule has 1 aliphatic rings. The van der Waals surface area contributed by atoms with Crippen molar-refractivity contribution in [2.75, 3.05) is 13.2 Å². The number of ether oxygens (including phenoxy) is 2. The second-order valence-electron chi connectivity index (χ2n) is 9.42. The Kier molecular flexibility index (Phi) is 8.02. The van der Waals surface area contributed by atoms with Crippen LogP contribution >= 0.6 is 0 Å². The first-order valence-electron chi connectivity index (χ1n) is 11.9. The van der Waals surface area contributed by atoms with Crippen LogP contribution in [0.4, 0.5) is 0 Å². The lowest BCUT2D eigenvalue weighted by molar-refractivity contribution is -0.139. The standard InChI is InChI=1S/C28H35NO5/c1-7-13-29-25(20-9-8-10-22(15-20)33-16-17(2)3)24(27(31)28(29)32)26(30)21-11-12-23(19(6)14-21)34-18(4)5/h8-12,14-15,17-18,25,30H,7,13,16H2,1-6H3/b26-24+. The third-order valence-electron chi connectivity index (χ3n) is 5.57. The van der Waals surface area contributed by atoms with Crippen molar-refractivity contribution >= 4 is 17.4 Å². The number of aliphatic hydroxyl groups is 1. The molecule has 6 nitrogen and oxygen atoms in total. The number of hydrogen-bond acceptors (Lipinski definition) is 5. The Labute approximate surface area is 202 Å². The summed E-state index contributed by atoms with van der Waals surface area (Å²) in [6.07, 6.45) is 0.704. The number of carbonyl (C=O) groups is 2. The minimum atomic E-state index is -0.686. The van der Waals surface area contributed by atoms with Gasteiger partial charge < -0.3 is 19.5 Å². The zero-order valence-corrected chi connectivity index (χ0v) is 20.9. The van der Waals surface area contributed by atoms with Gasteiger partial charge in [-0.05, 0) is 74.6 Å². The summed E-state index contributed by atoms with van der Waals surface area (Å²) in [6, 6.07) is 12.0. The number of benzene rings is 2. The number of Topliss-reactive ketones (excluding diaryl/α,β-unsaturated/α-hetero) is 1. The second-order valence-corrected chi connectivity index (χ2v) is 9.42. The predicted octanol–water partition coefficient (Wildman–Crippen LogP) is 5.65. The molecule has 0 radical (unpaired) electrons. The molecule has 2 aromatic carbocycles. The Balaban J connectivity index is 2.09. The summed E-state index contributed by atoms with van der Waals surface area (Å²) in [7, 11) is 0. The smallest absolute Gasteiger partial charge is 0.295 e. The molecule has 1 N–H and O–H groups in total. The second kappa shape index (κ2) is 10.8. The van der Waals surface area contributed by atoms with Gasteiger partial charge in [-0.3, -0.25) is 9.59 Å². The minimum Gasteiger partial charge on any atom is -0.507 e. The molecule has 1 unspecified atom stereocenters. The number of aryl methyl sites for hydroxylation is 1. The van der Waals surface area contributed by atoms with E-state index in [0.717, 1.165) is 11.1 Å². The number of amides is 1. The third kappa shape index (κ3) is 5.44. The quantitative estimate of drug-likeness (QED) is 0.294. The summed E-state index contributed by atoms with van der Waals surface area (Å²) >= 11 is 0. The molecule has 0 spiro atoms. The number of carbonyl (C=O) groups excluding carboxylic acids is 2. The normalized spacial score (nSPS) is 17.6. The molecule has 1 saturated heterocycles. The Morgan fingerprint density at radius 3 is 2.44 bits per heavy atom. The van der Waals surface area contributed by atoms with Crippen LogP contribution in [0.15, 0.2) is 48.0 Å². The van der Waals surface area contributed by atoms with Crippen LogP contribution in [0.2, 0.25) is 0 Å². The van der Waals surface area contributed by atoms with Crippen LogP contribution in [-0.2, 0) is 9.59 Å². The van der Waals surface area contributed by atoms with E-state index in [1.54, 1.807) is 23.1 Å². The molecule has 0 aromatic heterocycles.